The summed E-state index contributed by atoms with van der Waals surface area (Å²) >= 11 is 6.43. The Kier molecular flexibility index (Phi) is 12.1. The molecule has 0 unspecified atom stereocenters. The molecule has 0 saturated carbocycles. The molecule has 1 aliphatic rings. The molecule has 0 aliphatic carbocycles. The van der Waals surface area contributed by atoms with Gasteiger partial charge in [0, 0.05) is 31.0 Å². The molecule has 44 heavy (non-hydrogen) atoms. The molecule has 0 bridgehead atoms. The second kappa shape index (κ2) is 15.7. The summed E-state index contributed by atoms with van der Waals surface area (Å²) in [6.07, 6.45) is -2.46. The zero-order valence-corrected chi connectivity index (χ0v) is 24.2. The van der Waals surface area contributed by atoms with Gasteiger partial charge in [0.1, 0.15) is 5.02 Å². The molecule has 1 fully saturated rings. The lowest BCUT2D eigenvalue weighted by molar-refractivity contribution is -0.192. The van der Waals surface area contributed by atoms with Crippen LogP contribution in [0.1, 0.15) is 29.3 Å². The van der Waals surface area contributed by atoms with Gasteiger partial charge in [-0.25, -0.2) is 19.1 Å². The van der Waals surface area contributed by atoms with Crippen LogP contribution in [0.4, 0.5) is 35.0 Å². The van der Waals surface area contributed by atoms with Crippen LogP contribution in [0.3, 0.4) is 0 Å². The largest absolute Gasteiger partial charge is 0.490 e. The van der Waals surface area contributed by atoms with Gasteiger partial charge >= 0.3 is 24.1 Å². The molecule has 4 rings (SSSR count). The molecule has 0 spiro atoms. The molecule has 12 nitrogen and oxygen atoms in total. The Bertz CT molecular complexity index is 1490. The monoisotopic (exact) mass is 638 g/mol. The zero-order valence-electron chi connectivity index (χ0n) is 23.5. The molecule has 236 valence electrons. The third kappa shape index (κ3) is 9.98. The first-order valence-electron chi connectivity index (χ1n) is 13.3. The number of nitrogens with zero attached hydrogens (tertiary/aromatic N) is 3. The van der Waals surface area contributed by atoms with Crippen LogP contribution >= 0.6 is 11.6 Å². The number of urea groups is 1. The fourth-order valence-electron chi connectivity index (χ4n) is 3.94. The third-order valence-corrected chi connectivity index (χ3v) is 6.44. The predicted molar refractivity (Wildman–Crippen MR) is 157 cm³/mol. The number of rotatable bonds is 7. The van der Waals surface area contributed by atoms with Crippen LogP contribution < -0.4 is 26.4 Å². The van der Waals surface area contributed by atoms with Gasteiger partial charge in [0.2, 0.25) is 0 Å². The van der Waals surface area contributed by atoms with E-state index in [1.807, 2.05) is 0 Å². The maximum Gasteiger partial charge on any atom is 0.490 e. The molecule has 1 aromatic heterocycles. The Hall–Kier alpha value is -4.63. The number of carboxylic acids is 1. The fraction of sp³-hybridized carbons (Fsp3) is 0.321. The summed E-state index contributed by atoms with van der Waals surface area (Å²) in [7, 11) is 0. The second-order valence-electron chi connectivity index (χ2n) is 9.27. The van der Waals surface area contributed by atoms with Crippen molar-refractivity contribution in [1.29, 1.82) is 0 Å². The van der Waals surface area contributed by atoms with Gasteiger partial charge < -0.3 is 30.7 Å². The minimum atomic E-state index is -5.08. The van der Waals surface area contributed by atoms with Crippen LogP contribution in [-0.2, 0) is 16.1 Å². The number of alkyl halides is 3. The number of nitrogens with one attached hydrogen (secondary N) is 3. The molecule has 16 heteroatoms. The van der Waals surface area contributed by atoms with E-state index in [2.05, 4.69) is 25.9 Å². The Balaban J connectivity index is 0.000000676. The number of aliphatic carboxylic acids is 1. The molecule has 2 amide bonds. The van der Waals surface area contributed by atoms with Crippen molar-refractivity contribution in [3.05, 3.63) is 81.2 Å². The summed E-state index contributed by atoms with van der Waals surface area (Å²) < 4.78 is 38.0. The first kappa shape index (κ1) is 33.9. The lowest BCUT2D eigenvalue weighted by atomic mass is 10.2. The number of carbonyl (C=O) groups is 3. The molecular weight excluding hydrogens is 609 g/mol. The van der Waals surface area contributed by atoms with Crippen molar-refractivity contribution in [2.45, 2.75) is 26.1 Å². The van der Waals surface area contributed by atoms with Crippen molar-refractivity contribution < 1.29 is 37.4 Å². The van der Waals surface area contributed by atoms with Crippen molar-refractivity contribution in [3.63, 3.8) is 0 Å². The molecule has 1 saturated heterocycles. The van der Waals surface area contributed by atoms with Gasteiger partial charge in [-0.3, -0.25) is 4.79 Å². The van der Waals surface area contributed by atoms with Gasteiger partial charge in [-0.1, -0.05) is 23.7 Å². The van der Waals surface area contributed by atoms with Crippen molar-refractivity contribution in [3.8, 4) is 0 Å². The standard InChI is InChI=1S/C26H29ClN6O4.C2HF3O2/c1-2-37-25(35)19-6-10-21(11-7-19)31-26(36)30-20-8-4-18(5-9-20)17-33-24(34)23(27)22(16-29-33)32-14-3-12-28-13-15-32;3-2(4,5)1(6)7/h4-11,16,28H,2-3,12-15,17H2,1H3,(H2,30,31,36);(H,6,7). The Labute approximate surface area is 254 Å². The van der Waals surface area contributed by atoms with Gasteiger partial charge in [-0.2, -0.15) is 18.3 Å². The fourth-order valence-corrected chi connectivity index (χ4v) is 4.21. The predicted octanol–water partition coefficient (Wildman–Crippen LogP) is 4.20. The lowest BCUT2D eigenvalue weighted by Gasteiger charge is -2.23. The number of hydrogen-bond donors (Lipinski definition) is 4. The van der Waals surface area contributed by atoms with Crippen LogP contribution in [0.25, 0.3) is 0 Å². The smallest absolute Gasteiger partial charge is 0.475 e. The van der Waals surface area contributed by atoms with E-state index in [0.717, 1.165) is 38.2 Å². The van der Waals surface area contributed by atoms with Crippen LogP contribution in [-0.4, -0.2) is 71.8 Å². The topological polar surface area (TPSA) is 155 Å². The molecule has 2 heterocycles. The number of carboxylic acid groups (broad SMARTS) is 1. The first-order valence-corrected chi connectivity index (χ1v) is 13.7. The highest BCUT2D eigenvalue weighted by molar-refractivity contribution is 6.33. The third-order valence-electron chi connectivity index (χ3n) is 6.09. The van der Waals surface area contributed by atoms with E-state index in [1.165, 1.54) is 4.68 Å². The highest BCUT2D eigenvalue weighted by atomic mass is 35.5. The van der Waals surface area contributed by atoms with E-state index in [-0.39, 0.29) is 17.1 Å². The van der Waals surface area contributed by atoms with E-state index in [4.69, 9.17) is 26.2 Å². The number of benzene rings is 2. The van der Waals surface area contributed by atoms with Gasteiger partial charge in [0.05, 0.1) is 30.6 Å². The minimum Gasteiger partial charge on any atom is -0.475 e. The number of hydrogen-bond acceptors (Lipinski definition) is 8. The van der Waals surface area contributed by atoms with Gasteiger partial charge in [0.15, 0.2) is 0 Å². The van der Waals surface area contributed by atoms with Crippen LogP contribution in [0.5, 0.6) is 0 Å². The second-order valence-corrected chi connectivity index (χ2v) is 9.65. The number of ether oxygens (including phenoxy) is 1. The SMILES string of the molecule is CCOC(=O)c1ccc(NC(=O)Nc2ccc(Cn3ncc(N4CCCNCC4)c(Cl)c3=O)cc2)cc1.O=C(O)C(F)(F)F. The quantitative estimate of drug-likeness (QED) is 0.279. The molecule has 0 atom stereocenters. The number of esters is 1. The molecule has 3 aromatic rings. The Morgan fingerprint density at radius 2 is 1.61 bits per heavy atom. The van der Waals surface area contributed by atoms with Gasteiger partial charge in [0.25, 0.3) is 5.56 Å². The minimum absolute atomic E-state index is 0.169. The van der Waals surface area contributed by atoms with Crippen LogP contribution in [0.2, 0.25) is 5.02 Å². The maximum absolute atomic E-state index is 12.8. The average Bonchev–Trinajstić information content (AvgIpc) is 3.26. The first-order chi connectivity index (χ1) is 20.9. The van der Waals surface area contributed by atoms with Gasteiger partial charge in [-0.15, -0.1) is 0 Å². The van der Waals surface area contributed by atoms with E-state index in [1.54, 1.807) is 61.7 Å². The lowest BCUT2D eigenvalue weighted by Crippen LogP contribution is -2.32. The number of amides is 2. The van der Waals surface area contributed by atoms with Gasteiger partial charge in [-0.05, 0) is 61.9 Å². The Morgan fingerprint density at radius 1 is 1.02 bits per heavy atom. The molecular formula is C28H30ClF3N6O6. The van der Waals surface area contributed by atoms with E-state index in [0.29, 0.717) is 29.2 Å². The van der Waals surface area contributed by atoms with Crippen molar-refractivity contribution in [2.75, 3.05) is 48.3 Å². The zero-order chi connectivity index (χ0) is 32.3. The van der Waals surface area contributed by atoms with Crippen molar-refractivity contribution in [1.82, 2.24) is 15.1 Å². The summed E-state index contributed by atoms with van der Waals surface area (Å²) in [5.74, 6) is -3.17. The number of aromatic nitrogens is 2. The van der Waals surface area contributed by atoms with E-state index >= 15 is 0 Å². The normalized spacial score (nSPS) is 13.2. The number of carbonyl (C=O) groups excluding carboxylic acids is 2. The number of halogens is 4. The molecule has 1 aliphatic heterocycles. The van der Waals surface area contributed by atoms with Crippen LogP contribution in [0.15, 0.2) is 59.5 Å². The molecule has 4 N–H and O–H groups in total. The van der Waals surface area contributed by atoms with Crippen molar-refractivity contribution in [2.24, 2.45) is 0 Å². The summed E-state index contributed by atoms with van der Waals surface area (Å²) in [6.45, 7) is 5.65. The van der Waals surface area contributed by atoms with Crippen LogP contribution in [0, 0.1) is 0 Å². The van der Waals surface area contributed by atoms with E-state index < -0.39 is 24.1 Å². The molecule has 0 radical (unpaired) electrons. The highest BCUT2D eigenvalue weighted by Crippen LogP contribution is 2.22. The Morgan fingerprint density at radius 3 is 2.18 bits per heavy atom. The van der Waals surface area contributed by atoms with Crippen molar-refractivity contribution >= 4 is 46.6 Å². The number of anilines is 3. The summed E-state index contributed by atoms with van der Waals surface area (Å²) in [5, 5.41) is 20.4. The summed E-state index contributed by atoms with van der Waals surface area (Å²) in [5.41, 5.74) is 2.67. The average molecular weight is 639 g/mol. The highest BCUT2D eigenvalue weighted by Gasteiger charge is 2.38. The maximum atomic E-state index is 12.8. The molecule has 2 aromatic carbocycles. The summed E-state index contributed by atoms with van der Waals surface area (Å²) in [6, 6.07) is 13.1. The summed E-state index contributed by atoms with van der Waals surface area (Å²) in [4.78, 5) is 47.9. The van der Waals surface area contributed by atoms with E-state index in [9.17, 15) is 27.6 Å².